The van der Waals surface area contributed by atoms with Gasteiger partial charge in [-0.3, -0.25) is 0 Å². The summed E-state index contributed by atoms with van der Waals surface area (Å²) in [6.07, 6.45) is 1.22. The van der Waals surface area contributed by atoms with Gasteiger partial charge in [0.2, 0.25) is 0 Å². The molecule has 2 nitrogen and oxygen atoms in total. The number of fused-ring (bicyclic) bond motifs is 1. The highest BCUT2D eigenvalue weighted by atomic mass is 35.5. The molecule has 1 saturated heterocycles. The number of benzene rings is 1. The van der Waals surface area contributed by atoms with Crippen LogP contribution in [-0.4, -0.2) is 29.1 Å². The van der Waals surface area contributed by atoms with Gasteiger partial charge in [-0.2, -0.15) is 11.8 Å². The predicted octanol–water partition coefficient (Wildman–Crippen LogP) is 4.31. The molecule has 0 aliphatic carbocycles. The summed E-state index contributed by atoms with van der Waals surface area (Å²) in [6, 6.07) is 10.6. The molecular formula is C16H19ClN2S. The normalized spacial score (nSPS) is 19.5. The van der Waals surface area contributed by atoms with Gasteiger partial charge in [-0.05, 0) is 17.9 Å². The summed E-state index contributed by atoms with van der Waals surface area (Å²) in [4.78, 5) is 7.23. The van der Waals surface area contributed by atoms with E-state index in [0.717, 1.165) is 24.6 Å². The number of pyridine rings is 1. The maximum Gasteiger partial charge on any atom is 0.136 e. The monoisotopic (exact) mass is 306 g/mol. The molecule has 4 heteroatoms. The summed E-state index contributed by atoms with van der Waals surface area (Å²) in [5, 5.41) is 3.19. The molecule has 1 fully saturated rings. The lowest BCUT2D eigenvalue weighted by Crippen LogP contribution is -2.38. The van der Waals surface area contributed by atoms with Crippen molar-refractivity contribution in [2.75, 3.05) is 23.7 Å². The van der Waals surface area contributed by atoms with Crippen LogP contribution < -0.4 is 4.90 Å². The summed E-state index contributed by atoms with van der Waals surface area (Å²) >= 11 is 8.09. The first-order valence-corrected chi connectivity index (χ1v) is 8.71. The largest absolute Gasteiger partial charge is 0.354 e. The zero-order valence-electron chi connectivity index (χ0n) is 11.7. The number of halogens is 1. The zero-order valence-corrected chi connectivity index (χ0v) is 13.3. The number of aromatic nitrogens is 1. The van der Waals surface area contributed by atoms with Crippen molar-refractivity contribution in [3.63, 3.8) is 0 Å². The van der Waals surface area contributed by atoms with Crippen LogP contribution in [0.4, 0.5) is 5.82 Å². The minimum absolute atomic E-state index is 0.470. The highest BCUT2D eigenvalue weighted by Crippen LogP contribution is 2.30. The molecule has 0 bridgehead atoms. The van der Waals surface area contributed by atoms with Crippen molar-refractivity contribution in [1.29, 1.82) is 0 Å². The Labute approximate surface area is 129 Å². The van der Waals surface area contributed by atoms with Crippen LogP contribution in [-0.2, 0) is 5.88 Å². The van der Waals surface area contributed by atoms with E-state index in [-0.39, 0.29) is 0 Å². The zero-order chi connectivity index (χ0) is 13.9. The Balaban J connectivity index is 2.04. The topological polar surface area (TPSA) is 16.1 Å². The van der Waals surface area contributed by atoms with E-state index in [1.807, 2.05) is 0 Å². The SMILES string of the molecule is CCC1CN(c2nc(CCl)cc3ccccc23)CCS1. The summed E-state index contributed by atoms with van der Waals surface area (Å²) in [7, 11) is 0. The molecule has 0 spiro atoms. The first-order valence-electron chi connectivity index (χ1n) is 7.13. The molecule has 106 valence electrons. The van der Waals surface area contributed by atoms with Crippen LogP contribution >= 0.6 is 23.4 Å². The van der Waals surface area contributed by atoms with Gasteiger partial charge in [0.05, 0.1) is 11.6 Å². The Morgan fingerprint density at radius 1 is 1.40 bits per heavy atom. The lowest BCUT2D eigenvalue weighted by Gasteiger charge is -2.33. The van der Waals surface area contributed by atoms with Crippen molar-refractivity contribution < 1.29 is 0 Å². The fraction of sp³-hybridized carbons (Fsp3) is 0.438. The highest BCUT2D eigenvalue weighted by Gasteiger charge is 2.21. The fourth-order valence-electron chi connectivity index (χ4n) is 2.70. The van der Waals surface area contributed by atoms with Crippen molar-refractivity contribution in [3.05, 3.63) is 36.0 Å². The minimum atomic E-state index is 0.470. The number of hydrogen-bond donors (Lipinski definition) is 0. The van der Waals surface area contributed by atoms with Crippen molar-refractivity contribution in [3.8, 4) is 0 Å². The number of anilines is 1. The van der Waals surface area contributed by atoms with E-state index >= 15 is 0 Å². The fourth-order valence-corrected chi connectivity index (χ4v) is 4.02. The van der Waals surface area contributed by atoms with Crippen molar-refractivity contribution in [2.24, 2.45) is 0 Å². The summed E-state index contributed by atoms with van der Waals surface area (Å²) in [6.45, 7) is 4.43. The second-order valence-electron chi connectivity index (χ2n) is 5.14. The Morgan fingerprint density at radius 3 is 3.05 bits per heavy atom. The Morgan fingerprint density at radius 2 is 2.25 bits per heavy atom. The molecule has 1 aliphatic heterocycles. The highest BCUT2D eigenvalue weighted by molar-refractivity contribution is 8.00. The molecule has 2 aromatic rings. The van der Waals surface area contributed by atoms with E-state index in [4.69, 9.17) is 16.6 Å². The average Bonchev–Trinajstić information content (AvgIpc) is 2.53. The van der Waals surface area contributed by atoms with E-state index < -0.39 is 0 Å². The number of hydrogen-bond acceptors (Lipinski definition) is 3. The van der Waals surface area contributed by atoms with E-state index in [2.05, 4.69) is 53.9 Å². The third-order valence-corrected chi connectivity index (χ3v) is 5.45. The number of nitrogens with zero attached hydrogens (tertiary/aromatic N) is 2. The van der Waals surface area contributed by atoms with Gasteiger partial charge in [0.25, 0.3) is 0 Å². The molecule has 1 unspecified atom stereocenters. The molecule has 1 aromatic carbocycles. The molecule has 0 N–H and O–H groups in total. The standard InChI is InChI=1S/C16H19ClN2S/c1-2-14-11-19(7-8-20-14)16-15-6-4-3-5-12(15)9-13(10-17)18-16/h3-6,9,14H,2,7-8,10-11H2,1H3. The molecule has 3 rings (SSSR count). The molecule has 0 radical (unpaired) electrons. The summed E-state index contributed by atoms with van der Waals surface area (Å²) in [5.41, 5.74) is 0.964. The minimum Gasteiger partial charge on any atom is -0.354 e. The van der Waals surface area contributed by atoms with Gasteiger partial charge >= 0.3 is 0 Å². The van der Waals surface area contributed by atoms with Crippen molar-refractivity contribution in [1.82, 2.24) is 4.98 Å². The van der Waals surface area contributed by atoms with Crippen LogP contribution in [0.3, 0.4) is 0 Å². The molecule has 1 atom stereocenters. The van der Waals surface area contributed by atoms with Crippen LogP contribution in [0.25, 0.3) is 10.8 Å². The van der Waals surface area contributed by atoms with Gasteiger partial charge in [0.15, 0.2) is 0 Å². The lowest BCUT2D eigenvalue weighted by atomic mass is 10.1. The van der Waals surface area contributed by atoms with Gasteiger partial charge in [0.1, 0.15) is 5.82 Å². The van der Waals surface area contributed by atoms with E-state index in [1.165, 1.54) is 22.9 Å². The Kier molecular flexibility index (Phi) is 4.37. The molecule has 1 aliphatic rings. The van der Waals surface area contributed by atoms with E-state index in [1.54, 1.807) is 0 Å². The second kappa shape index (κ2) is 6.23. The van der Waals surface area contributed by atoms with Gasteiger partial charge in [-0.1, -0.05) is 31.2 Å². The summed E-state index contributed by atoms with van der Waals surface area (Å²) < 4.78 is 0. The molecule has 1 aromatic heterocycles. The van der Waals surface area contributed by atoms with Gasteiger partial charge in [-0.15, -0.1) is 11.6 Å². The number of thioether (sulfide) groups is 1. The Bertz CT molecular complexity index is 602. The molecule has 0 amide bonds. The average molecular weight is 307 g/mol. The smallest absolute Gasteiger partial charge is 0.136 e. The van der Waals surface area contributed by atoms with Crippen LogP contribution in [0, 0.1) is 0 Å². The number of alkyl halides is 1. The number of rotatable bonds is 3. The van der Waals surface area contributed by atoms with Crippen molar-refractivity contribution >= 4 is 40.0 Å². The van der Waals surface area contributed by atoms with E-state index in [0.29, 0.717) is 11.1 Å². The quantitative estimate of drug-likeness (QED) is 0.786. The second-order valence-corrected chi connectivity index (χ2v) is 6.81. The third-order valence-electron chi connectivity index (χ3n) is 3.80. The van der Waals surface area contributed by atoms with Crippen LogP contribution in [0.1, 0.15) is 19.0 Å². The first kappa shape index (κ1) is 14.0. The molecule has 20 heavy (non-hydrogen) atoms. The van der Waals surface area contributed by atoms with Gasteiger partial charge in [0, 0.05) is 29.5 Å². The van der Waals surface area contributed by atoms with Crippen molar-refractivity contribution in [2.45, 2.75) is 24.5 Å². The maximum absolute atomic E-state index is 6.01. The van der Waals surface area contributed by atoms with Crippen LogP contribution in [0.2, 0.25) is 0 Å². The predicted molar refractivity (Wildman–Crippen MR) is 90.1 cm³/mol. The maximum atomic E-state index is 6.01. The van der Waals surface area contributed by atoms with Gasteiger partial charge < -0.3 is 4.90 Å². The van der Waals surface area contributed by atoms with Crippen LogP contribution in [0.5, 0.6) is 0 Å². The van der Waals surface area contributed by atoms with E-state index in [9.17, 15) is 0 Å². The Hall–Kier alpha value is -0.930. The molecule has 2 heterocycles. The molecular weight excluding hydrogens is 288 g/mol. The molecule has 0 saturated carbocycles. The third kappa shape index (κ3) is 2.75. The summed E-state index contributed by atoms with van der Waals surface area (Å²) in [5.74, 6) is 2.76. The van der Waals surface area contributed by atoms with Crippen LogP contribution in [0.15, 0.2) is 30.3 Å². The lowest BCUT2D eigenvalue weighted by molar-refractivity contribution is 0.721. The van der Waals surface area contributed by atoms with Gasteiger partial charge in [-0.25, -0.2) is 4.98 Å². The first-order chi connectivity index (χ1) is 9.81.